The molecule has 4 heteroatoms. The average Bonchev–Trinajstić information content (AvgIpc) is 2.57. The molecule has 0 radical (unpaired) electrons. The molecule has 1 aromatic rings. The lowest BCUT2D eigenvalue weighted by molar-refractivity contribution is 0.0755. The topological polar surface area (TPSA) is 36.1 Å². The Hall–Kier alpha value is -0.770. The number of aromatic amines is 1. The minimum Gasteiger partial charge on any atom is -0.356 e. The first kappa shape index (κ1) is 11.7. The van der Waals surface area contributed by atoms with Crippen LogP contribution in [0.4, 0.5) is 0 Å². The zero-order valence-corrected chi connectivity index (χ0v) is 11.1. The molecule has 1 N–H and O–H groups in total. The fourth-order valence-electron chi connectivity index (χ4n) is 2.13. The number of halogens is 1. The maximum atomic E-state index is 12.1. The van der Waals surface area contributed by atoms with Gasteiger partial charge in [0.1, 0.15) is 5.69 Å². The van der Waals surface area contributed by atoms with E-state index in [2.05, 4.69) is 27.8 Å². The maximum absolute atomic E-state index is 12.1. The monoisotopic (exact) mass is 284 g/mol. The lowest BCUT2D eigenvalue weighted by Gasteiger charge is -2.19. The Bertz CT molecular complexity index is 375. The fourth-order valence-corrected chi connectivity index (χ4v) is 2.47. The summed E-state index contributed by atoms with van der Waals surface area (Å²) in [5.41, 5.74) is 0.682. The number of hydrogen-bond acceptors (Lipinski definition) is 1. The normalized spacial score (nSPS) is 21.9. The van der Waals surface area contributed by atoms with Crippen LogP contribution in [0.2, 0.25) is 0 Å². The molecular formula is C12H17BrN2O. The largest absolute Gasteiger partial charge is 0.356 e. The number of aromatic nitrogens is 1. The first-order valence-corrected chi connectivity index (χ1v) is 6.59. The van der Waals surface area contributed by atoms with Crippen molar-refractivity contribution >= 4 is 21.8 Å². The predicted octanol–water partition coefficient (Wildman–Crippen LogP) is 3.04. The molecule has 16 heavy (non-hydrogen) atoms. The van der Waals surface area contributed by atoms with Crippen LogP contribution in [0.5, 0.6) is 0 Å². The standard InChI is InChI=1S/C12H17BrN2O/c1-9-3-2-5-15(6-4-9)12(16)11-7-10(13)8-14-11/h7-9,14H,2-6H2,1H3. The van der Waals surface area contributed by atoms with Crippen LogP contribution in [0.25, 0.3) is 0 Å². The number of carbonyl (C=O) groups excluding carboxylic acids is 1. The third-order valence-corrected chi connectivity index (χ3v) is 3.64. The highest BCUT2D eigenvalue weighted by Gasteiger charge is 2.20. The predicted molar refractivity (Wildman–Crippen MR) is 67.4 cm³/mol. The Morgan fingerprint density at radius 1 is 1.50 bits per heavy atom. The van der Waals surface area contributed by atoms with Gasteiger partial charge < -0.3 is 9.88 Å². The molecule has 2 rings (SSSR count). The second-order valence-electron chi connectivity index (χ2n) is 4.56. The molecule has 2 heterocycles. The van der Waals surface area contributed by atoms with Crippen molar-refractivity contribution in [3.05, 3.63) is 22.4 Å². The van der Waals surface area contributed by atoms with E-state index in [1.807, 2.05) is 11.0 Å². The Morgan fingerprint density at radius 3 is 3.00 bits per heavy atom. The van der Waals surface area contributed by atoms with Gasteiger partial charge in [0.05, 0.1) is 0 Å². The van der Waals surface area contributed by atoms with E-state index in [0.717, 1.165) is 36.3 Å². The average molecular weight is 285 g/mol. The first-order chi connectivity index (χ1) is 7.66. The summed E-state index contributed by atoms with van der Waals surface area (Å²) in [5, 5.41) is 0. The Morgan fingerprint density at radius 2 is 2.31 bits per heavy atom. The summed E-state index contributed by atoms with van der Waals surface area (Å²) in [6, 6.07) is 1.84. The minimum absolute atomic E-state index is 0.125. The van der Waals surface area contributed by atoms with E-state index in [9.17, 15) is 4.79 Å². The van der Waals surface area contributed by atoms with Gasteiger partial charge in [-0.05, 0) is 47.2 Å². The molecule has 0 aromatic carbocycles. The number of rotatable bonds is 1. The summed E-state index contributed by atoms with van der Waals surface area (Å²) in [5.74, 6) is 0.868. The summed E-state index contributed by atoms with van der Waals surface area (Å²) < 4.78 is 0.930. The maximum Gasteiger partial charge on any atom is 0.270 e. The number of amides is 1. The van der Waals surface area contributed by atoms with E-state index in [0.29, 0.717) is 5.69 Å². The summed E-state index contributed by atoms with van der Waals surface area (Å²) in [7, 11) is 0. The Kier molecular flexibility index (Phi) is 3.69. The summed E-state index contributed by atoms with van der Waals surface area (Å²) in [6.07, 6.45) is 5.27. The van der Waals surface area contributed by atoms with Crippen molar-refractivity contribution in [1.82, 2.24) is 9.88 Å². The third kappa shape index (κ3) is 2.67. The van der Waals surface area contributed by atoms with Gasteiger partial charge in [0.2, 0.25) is 0 Å². The molecule has 1 fully saturated rings. The van der Waals surface area contributed by atoms with Gasteiger partial charge in [-0.15, -0.1) is 0 Å². The lowest BCUT2D eigenvalue weighted by atomic mass is 10.0. The van der Waals surface area contributed by atoms with Gasteiger partial charge in [-0.25, -0.2) is 0 Å². The minimum atomic E-state index is 0.125. The lowest BCUT2D eigenvalue weighted by Crippen LogP contribution is -2.32. The van der Waals surface area contributed by atoms with E-state index < -0.39 is 0 Å². The SMILES string of the molecule is CC1CCCN(C(=O)c2cc(Br)c[nH]2)CC1. The number of hydrogen-bond donors (Lipinski definition) is 1. The van der Waals surface area contributed by atoms with Crippen molar-refractivity contribution in [3.63, 3.8) is 0 Å². The van der Waals surface area contributed by atoms with Gasteiger partial charge in [-0.3, -0.25) is 4.79 Å². The molecule has 1 saturated heterocycles. The highest BCUT2D eigenvalue weighted by molar-refractivity contribution is 9.10. The van der Waals surface area contributed by atoms with E-state index in [1.54, 1.807) is 6.20 Å². The third-order valence-electron chi connectivity index (χ3n) is 3.18. The molecule has 0 spiro atoms. The quantitative estimate of drug-likeness (QED) is 0.846. The van der Waals surface area contributed by atoms with Crippen LogP contribution in [0.15, 0.2) is 16.7 Å². The highest BCUT2D eigenvalue weighted by atomic mass is 79.9. The van der Waals surface area contributed by atoms with Crippen LogP contribution in [0, 0.1) is 5.92 Å². The summed E-state index contributed by atoms with van der Waals surface area (Å²) >= 11 is 3.35. The number of carbonyl (C=O) groups is 1. The second kappa shape index (κ2) is 5.04. The first-order valence-electron chi connectivity index (χ1n) is 5.80. The summed E-state index contributed by atoms with van der Waals surface area (Å²) in [4.78, 5) is 17.1. The number of nitrogens with one attached hydrogen (secondary N) is 1. The van der Waals surface area contributed by atoms with Gasteiger partial charge in [0.15, 0.2) is 0 Å². The highest BCUT2D eigenvalue weighted by Crippen LogP contribution is 2.19. The molecule has 1 aromatic heterocycles. The molecule has 0 saturated carbocycles. The summed E-state index contributed by atoms with van der Waals surface area (Å²) in [6.45, 7) is 4.04. The second-order valence-corrected chi connectivity index (χ2v) is 5.48. The van der Waals surface area contributed by atoms with Crippen molar-refractivity contribution in [1.29, 1.82) is 0 Å². The van der Waals surface area contributed by atoms with Crippen LogP contribution in [0.1, 0.15) is 36.7 Å². The zero-order chi connectivity index (χ0) is 11.5. The van der Waals surface area contributed by atoms with Crippen molar-refractivity contribution in [2.75, 3.05) is 13.1 Å². The molecule has 1 aliphatic heterocycles. The van der Waals surface area contributed by atoms with Gasteiger partial charge in [-0.1, -0.05) is 6.92 Å². The van der Waals surface area contributed by atoms with E-state index >= 15 is 0 Å². The number of likely N-dealkylation sites (tertiary alicyclic amines) is 1. The van der Waals surface area contributed by atoms with Crippen molar-refractivity contribution < 1.29 is 4.79 Å². The van der Waals surface area contributed by atoms with Gasteiger partial charge >= 0.3 is 0 Å². The molecular weight excluding hydrogens is 268 g/mol. The van der Waals surface area contributed by atoms with E-state index in [1.165, 1.54) is 6.42 Å². The molecule has 88 valence electrons. The fraction of sp³-hybridized carbons (Fsp3) is 0.583. The molecule has 1 amide bonds. The molecule has 0 bridgehead atoms. The van der Waals surface area contributed by atoms with Gasteiger partial charge in [0.25, 0.3) is 5.91 Å². The van der Waals surface area contributed by atoms with E-state index in [4.69, 9.17) is 0 Å². The van der Waals surface area contributed by atoms with Crippen molar-refractivity contribution in [2.45, 2.75) is 26.2 Å². The van der Waals surface area contributed by atoms with Crippen LogP contribution >= 0.6 is 15.9 Å². The van der Waals surface area contributed by atoms with Gasteiger partial charge in [-0.2, -0.15) is 0 Å². The number of nitrogens with zero attached hydrogens (tertiary/aromatic N) is 1. The molecule has 1 aliphatic rings. The van der Waals surface area contributed by atoms with Crippen LogP contribution in [0.3, 0.4) is 0 Å². The zero-order valence-electron chi connectivity index (χ0n) is 9.50. The van der Waals surface area contributed by atoms with Crippen LogP contribution in [-0.2, 0) is 0 Å². The van der Waals surface area contributed by atoms with Crippen molar-refractivity contribution in [3.8, 4) is 0 Å². The smallest absolute Gasteiger partial charge is 0.270 e. The molecule has 3 nitrogen and oxygen atoms in total. The Balaban J connectivity index is 2.04. The van der Waals surface area contributed by atoms with Crippen LogP contribution < -0.4 is 0 Å². The Labute approximate surface area is 104 Å². The number of H-pyrrole nitrogens is 1. The molecule has 0 aliphatic carbocycles. The van der Waals surface area contributed by atoms with Crippen molar-refractivity contribution in [2.24, 2.45) is 5.92 Å². The van der Waals surface area contributed by atoms with Gasteiger partial charge in [0, 0.05) is 23.8 Å². The molecule has 1 unspecified atom stereocenters. The van der Waals surface area contributed by atoms with E-state index in [-0.39, 0.29) is 5.91 Å². The molecule has 1 atom stereocenters. The van der Waals surface area contributed by atoms with Crippen LogP contribution in [-0.4, -0.2) is 28.9 Å².